The van der Waals surface area contributed by atoms with E-state index in [0.717, 1.165) is 38.3 Å². The monoisotopic (exact) mass is 362 g/mol. The summed E-state index contributed by atoms with van der Waals surface area (Å²) in [5.74, 6) is 0. The number of nitrogens with zero attached hydrogens (tertiary/aromatic N) is 2. The lowest BCUT2D eigenvalue weighted by Crippen LogP contribution is -2.01. The van der Waals surface area contributed by atoms with Crippen molar-refractivity contribution in [2.45, 2.75) is 0 Å². The topological polar surface area (TPSA) is 48.0 Å². The van der Waals surface area contributed by atoms with Gasteiger partial charge in [-0.15, -0.1) is 0 Å². The van der Waals surface area contributed by atoms with Crippen LogP contribution in [0, 0.1) is 0 Å². The fourth-order valence-electron chi connectivity index (χ4n) is 4.08. The van der Waals surface area contributed by atoms with Crippen LogP contribution in [-0.4, -0.2) is 9.55 Å². The van der Waals surface area contributed by atoms with Crippen LogP contribution in [0.4, 0.5) is 0 Å². The first-order chi connectivity index (χ1) is 13.8. The molecule has 0 aliphatic carbocycles. The van der Waals surface area contributed by atoms with Crippen molar-refractivity contribution in [3.63, 3.8) is 0 Å². The van der Waals surface area contributed by atoms with Crippen molar-refractivity contribution < 1.29 is 4.42 Å². The van der Waals surface area contributed by atoms with Gasteiger partial charge in [0.15, 0.2) is 5.52 Å². The van der Waals surface area contributed by atoms with Crippen LogP contribution in [0.1, 0.15) is 0 Å². The predicted octanol–water partition coefficient (Wildman–Crippen LogP) is 5.44. The zero-order valence-electron chi connectivity index (χ0n) is 14.8. The lowest BCUT2D eigenvalue weighted by Gasteiger charge is -2.08. The summed E-state index contributed by atoms with van der Waals surface area (Å²) in [6, 6.07) is 26.4. The van der Waals surface area contributed by atoms with Gasteiger partial charge in [-0.05, 0) is 36.4 Å². The molecule has 6 aromatic rings. The molecular weight excluding hydrogens is 348 g/mol. The number of fused-ring (bicyclic) bond motifs is 6. The molecule has 3 aromatic heterocycles. The van der Waals surface area contributed by atoms with Gasteiger partial charge in [-0.2, -0.15) is 0 Å². The van der Waals surface area contributed by atoms with E-state index >= 15 is 0 Å². The van der Waals surface area contributed by atoms with Crippen molar-refractivity contribution in [1.29, 1.82) is 0 Å². The van der Waals surface area contributed by atoms with Crippen LogP contribution in [0.25, 0.3) is 49.4 Å². The van der Waals surface area contributed by atoms with Gasteiger partial charge in [0, 0.05) is 33.4 Å². The van der Waals surface area contributed by atoms with Crippen LogP contribution < -0.4 is 5.63 Å². The lowest BCUT2D eigenvalue weighted by molar-refractivity contribution is 0.568. The second kappa shape index (κ2) is 5.54. The van der Waals surface area contributed by atoms with E-state index < -0.39 is 5.63 Å². The molecular formula is C24H14N2O2. The molecule has 0 N–H and O–H groups in total. The molecule has 4 heteroatoms. The van der Waals surface area contributed by atoms with E-state index in [1.165, 1.54) is 0 Å². The number of rotatable bonds is 1. The van der Waals surface area contributed by atoms with Crippen molar-refractivity contribution in [1.82, 2.24) is 9.55 Å². The number of hydrogen-bond acceptors (Lipinski definition) is 3. The molecule has 6 rings (SSSR count). The van der Waals surface area contributed by atoms with E-state index in [2.05, 4.69) is 39.9 Å². The minimum Gasteiger partial charge on any atom is -0.421 e. The molecule has 3 aromatic carbocycles. The number of aromatic nitrogens is 2. The molecule has 0 amide bonds. The van der Waals surface area contributed by atoms with Crippen molar-refractivity contribution >= 4 is 43.7 Å². The smallest absolute Gasteiger partial charge is 0.362 e. The first-order valence-corrected chi connectivity index (χ1v) is 9.11. The quantitative estimate of drug-likeness (QED) is 0.289. The van der Waals surface area contributed by atoms with Gasteiger partial charge in [0.2, 0.25) is 0 Å². The molecule has 0 aliphatic heterocycles. The second-order valence-electron chi connectivity index (χ2n) is 6.84. The van der Waals surface area contributed by atoms with E-state index in [-0.39, 0.29) is 0 Å². The SMILES string of the molecule is O=c1oc2cc3c4ccccc4n(-c4ccccc4)c3cc2c2cccnc12. The van der Waals surface area contributed by atoms with Crippen molar-refractivity contribution in [2.75, 3.05) is 0 Å². The maximum atomic E-state index is 12.4. The Bertz CT molecular complexity index is 1580. The number of benzene rings is 3. The Morgan fingerprint density at radius 3 is 2.39 bits per heavy atom. The fraction of sp³-hybridized carbons (Fsp3) is 0. The molecule has 4 nitrogen and oxygen atoms in total. The molecule has 28 heavy (non-hydrogen) atoms. The van der Waals surface area contributed by atoms with Gasteiger partial charge in [-0.25, -0.2) is 9.78 Å². The van der Waals surface area contributed by atoms with Crippen LogP contribution in [0.5, 0.6) is 0 Å². The van der Waals surface area contributed by atoms with Gasteiger partial charge in [0.25, 0.3) is 0 Å². The van der Waals surface area contributed by atoms with E-state index in [1.807, 2.05) is 48.5 Å². The van der Waals surface area contributed by atoms with Gasteiger partial charge in [0.05, 0.1) is 11.0 Å². The van der Waals surface area contributed by atoms with Crippen molar-refractivity contribution in [2.24, 2.45) is 0 Å². The third-order valence-electron chi connectivity index (χ3n) is 5.28. The highest BCUT2D eigenvalue weighted by molar-refractivity contribution is 6.16. The summed E-state index contributed by atoms with van der Waals surface area (Å²) in [5.41, 5.74) is 3.80. The summed E-state index contributed by atoms with van der Waals surface area (Å²) in [6.07, 6.45) is 1.62. The Balaban J connectivity index is 1.88. The zero-order valence-corrected chi connectivity index (χ0v) is 14.8. The zero-order chi connectivity index (χ0) is 18.7. The lowest BCUT2D eigenvalue weighted by atomic mass is 10.1. The Morgan fingerprint density at radius 1 is 0.714 bits per heavy atom. The van der Waals surface area contributed by atoms with E-state index in [0.29, 0.717) is 11.1 Å². The minimum atomic E-state index is -0.408. The molecule has 3 heterocycles. The van der Waals surface area contributed by atoms with Gasteiger partial charge in [-0.3, -0.25) is 0 Å². The van der Waals surface area contributed by atoms with Crippen LogP contribution in [-0.2, 0) is 0 Å². The van der Waals surface area contributed by atoms with Crippen LogP contribution >= 0.6 is 0 Å². The van der Waals surface area contributed by atoms with Gasteiger partial charge >= 0.3 is 5.63 Å². The highest BCUT2D eigenvalue weighted by Gasteiger charge is 2.16. The highest BCUT2D eigenvalue weighted by atomic mass is 16.4. The first kappa shape index (κ1) is 15.2. The number of para-hydroxylation sites is 2. The van der Waals surface area contributed by atoms with E-state index in [1.54, 1.807) is 6.20 Å². The van der Waals surface area contributed by atoms with E-state index in [4.69, 9.17) is 4.42 Å². The molecule has 0 saturated carbocycles. The molecule has 0 bridgehead atoms. The molecule has 0 unspecified atom stereocenters. The van der Waals surface area contributed by atoms with Crippen molar-refractivity contribution in [3.8, 4) is 5.69 Å². The Labute approximate surface area is 159 Å². The van der Waals surface area contributed by atoms with Gasteiger partial charge in [-0.1, -0.05) is 42.5 Å². The minimum absolute atomic E-state index is 0.358. The third kappa shape index (κ3) is 2.00. The standard InChI is InChI=1S/C24H14N2O2/c27-24-23-17(10-6-12-25-23)19-13-21-18(14-22(19)28-24)16-9-4-5-11-20(16)26(21)15-7-2-1-3-8-15/h1-14H. The Kier molecular flexibility index (Phi) is 3.00. The van der Waals surface area contributed by atoms with Crippen LogP contribution in [0.3, 0.4) is 0 Å². The average molecular weight is 362 g/mol. The molecule has 0 spiro atoms. The fourth-order valence-corrected chi connectivity index (χ4v) is 4.08. The second-order valence-corrected chi connectivity index (χ2v) is 6.84. The average Bonchev–Trinajstić information content (AvgIpc) is 3.07. The van der Waals surface area contributed by atoms with E-state index in [9.17, 15) is 4.79 Å². The summed E-state index contributed by atoms with van der Waals surface area (Å²) >= 11 is 0. The summed E-state index contributed by atoms with van der Waals surface area (Å²) in [6.45, 7) is 0. The Morgan fingerprint density at radius 2 is 1.50 bits per heavy atom. The third-order valence-corrected chi connectivity index (χ3v) is 5.28. The van der Waals surface area contributed by atoms with Crippen molar-refractivity contribution in [3.05, 3.63) is 95.5 Å². The molecule has 0 atom stereocenters. The summed E-state index contributed by atoms with van der Waals surface area (Å²) < 4.78 is 7.87. The largest absolute Gasteiger partial charge is 0.421 e. The Hall–Kier alpha value is -3.92. The molecule has 0 saturated heterocycles. The first-order valence-electron chi connectivity index (χ1n) is 9.11. The highest BCUT2D eigenvalue weighted by Crippen LogP contribution is 2.35. The maximum absolute atomic E-state index is 12.4. The normalized spacial score (nSPS) is 11.7. The molecule has 132 valence electrons. The number of pyridine rings is 1. The molecule has 0 aliphatic rings. The predicted molar refractivity (Wildman–Crippen MR) is 112 cm³/mol. The maximum Gasteiger partial charge on any atom is 0.362 e. The van der Waals surface area contributed by atoms with Gasteiger partial charge in [0.1, 0.15) is 5.58 Å². The summed E-state index contributed by atoms with van der Waals surface area (Å²) in [5, 5.41) is 3.87. The molecule has 0 radical (unpaired) electrons. The summed E-state index contributed by atoms with van der Waals surface area (Å²) in [4.78, 5) is 16.6. The van der Waals surface area contributed by atoms with Gasteiger partial charge < -0.3 is 8.98 Å². The van der Waals surface area contributed by atoms with Crippen LogP contribution in [0.15, 0.2) is 94.3 Å². The summed E-state index contributed by atoms with van der Waals surface area (Å²) in [7, 11) is 0. The number of hydrogen-bond donors (Lipinski definition) is 0. The molecule has 0 fully saturated rings. The van der Waals surface area contributed by atoms with Crippen LogP contribution in [0.2, 0.25) is 0 Å².